The molecular weight excluding hydrogens is 496 g/mol. The standard InChI is InChI=1S/C27H38N2O7S/c1-26(2,3)36-25(31)29(15-14-18-12-10-9-11-13-18)23-19-16-22(34-7)20(28(6)37(8,32)33)17-21(19)35-27(4,5)24(23)30/h9-13,16-17,23-24,30H,14-15H2,1-8H3/t23-,24+/m0/s1. The van der Waals surface area contributed by atoms with Crippen molar-refractivity contribution in [1.82, 2.24) is 4.90 Å². The predicted molar refractivity (Wildman–Crippen MR) is 143 cm³/mol. The van der Waals surface area contributed by atoms with Crippen molar-refractivity contribution >= 4 is 21.8 Å². The van der Waals surface area contributed by atoms with Gasteiger partial charge in [-0.3, -0.25) is 9.21 Å². The molecule has 1 aliphatic heterocycles. The van der Waals surface area contributed by atoms with E-state index in [-0.39, 0.29) is 18.0 Å². The highest BCUT2D eigenvalue weighted by atomic mass is 32.2. The van der Waals surface area contributed by atoms with Gasteiger partial charge in [-0.2, -0.15) is 0 Å². The molecule has 2 aromatic carbocycles. The van der Waals surface area contributed by atoms with E-state index >= 15 is 0 Å². The molecule has 10 heteroatoms. The normalized spacial score (nSPS) is 18.8. The lowest BCUT2D eigenvalue weighted by atomic mass is 9.85. The summed E-state index contributed by atoms with van der Waals surface area (Å²) in [6.07, 6.45) is -0.0675. The first kappa shape index (κ1) is 28.6. The highest BCUT2D eigenvalue weighted by Crippen LogP contribution is 2.48. The summed E-state index contributed by atoms with van der Waals surface area (Å²) in [4.78, 5) is 15.1. The number of carbonyl (C=O) groups excluding carboxylic acids is 1. The molecule has 0 bridgehead atoms. The maximum absolute atomic E-state index is 13.5. The van der Waals surface area contributed by atoms with Crippen LogP contribution in [0.3, 0.4) is 0 Å². The molecule has 1 N–H and O–H groups in total. The quantitative estimate of drug-likeness (QED) is 0.569. The van der Waals surface area contributed by atoms with E-state index < -0.39 is 39.5 Å². The lowest BCUT2D eigenvalue weighted by Gasteiger charge is -2.46. The Kier molecular flexibility index (Phi) is 8.05. The molecule has 0 aromatic heterocycles. The minimum atomic E-state index is -3.59. The second-order valence-electron chi connectivity index (χ2n) is 10.8. The third kappa shape index (κ3) is 6.48. The van der Waals surface area contributed by atoms with E-state index in [0.717, 1.165) is 16.1 Å². The predicted octanol–water partition coefficient (Wildman–Crippen LogP) is 4.14. The van der Waals surface area contributed by atoms with Gasteiger partial charge in [0.1, 0.15) is 28.8 Å². The summed E-state index contributed by atoms with van der Waals surface area (Å²) in [5, 5.41) is 11.5. The summed E-state index contributed by atoms with van der Waals surface area (Å²) in [5.74, 6) is 0.610. The molecule has 0 spiro atoms. The minimum absolute atomic E-state index is 0.263. The first-order valence-corrected chi connectivity index (χ1v) is 14.0. The summed E-state index contributed by atoms with van der Waals surface area (Å²) in [6.45, 7) is 9.08. The molecule has 0 radical (unpaired) electrons. The Morgan fingerprint density at radius 1 is 1.16 bits per heavy atom. The second-order valence-corrected chi connectivity index (χ2v) is 12.8. The van der Waals surface area contributed by atoms with Crippen LogP contribution in [0, 0.1) is 0 Å². The summed E-state index contributed by atoms with van der Waals surface area (Å²) >= 11 is 0. The second kappa shape index (κ2) is 10.4. The highest BCUT2D eigenvalue weighted by Gasteiger charge is 2.48. The van der Waals surface area contributed by atoms with Crippen LogP contribution in [0.5, 0.6) is 11.5 Å². The van der Waals surface area contributed by atoms with Crippen LogP contribution < -0.4 is 13.8 Å². The Morgan fingerprint density at radius 3 is 2.32 bits per heavy atom. The molecule has 37 heavy (non-hydrogen) atoms. The zero-order valence-corrected chi connectivity index (χ0v) is 23.6. The molecule has 0 unspecified atom stereocenters. The van der Waals surface area contributed by atoms with E-state index in [0.29, 0.717) is 17.7 Å². The van der Waals surface area contributed by atoms with Gasteiger partial charge in [0.25, 0.3) is 0 Å². The molecule has 0 fully saturated rings. The number of sulfonamides is 1. The SMILES string of the molecule is COc1cc2c(cc1N(C)S(C)(=O)=O)OC(C)(C)[C@H](O)[C@H]2N(CCc1ccccc1)C(=O)OC(C)(C)C. The van der Waals surface area contributed by atoms with E-state index in [1.165, 1.54) is 19.1 Å². The van der Waals surface area contributed by atoms with E-state index in [4.69, 9.17) is 14.2 Å². The third-order valence-corrected chi connectivity index (χ3v) is 7.49. The van der Waals surface area contributed by atoms with Crippen LogP contribution in [0.4, 0.5) is 10.5 Å². The number of aliphatic hydroxyl groups excluding tert-OH is 1. The van der Waals surface area contributed by atoms with Crippen LogP contribution >= 0.6 is 0 Å². The van der Waals surface area contributed by atoms with Gasteiger partial charge < -0.3 is 19.3 Å². The lowest BCUT2D eigenvalue weighted by Crippen LogP contribution is -2.55. The fourth-order valence-electron chi connectivity index (χ4n) is 4.26. The van der Waals surface area contributed by atoms with Gasteiger partial charge in [0.15, 0.2) is 0 Å². The molecule has 0 saturated heterocycles. The third-order valence-electron chi connectivity index (χ3n) is 6.30. The molecule has 0 saturated carbocycles. The van der Waals surface area contributed by atoms with E-state index in [2.05, 4.69) is 0 Å². The number of amides is 1. The van der Waals surface area contributed by atoms with Crippen LogP contribution in [0.2, 0.25) is 0 Å². The first-order valence-electron chi connectivity index (χ1n) is 12.1. The summed E-state index contributed by atoms with van der Waals surface area (Å²) in [7, 11) is -0.738. The Labute approximate surface area is 220 Å². The average Bonchev–Trinajstić information content (AvgIpc) is 2.79. The zero-order chi connectivity index (χ0) is 27.8. The number of fused-ring (bicyclic) bond motifs is 1. The molecular formula is C27H38N2O7S. The molecule has 204 valence electrons. The van der Waals surface area contributed by atoms with Gasteiger partial charge >= 0.3 is 6.09 Å². The number of methoxy groups -OCH3 is 1. The van der Waals surface area contributed by atoms with Gasteiger partial charge in [-0.25, -0.2) is 13.2 Å². The van der Waals surface area contributed by atoms with Crippen LogP contribution in [-0.4, -0.2) is 68.8 Å². The molecule has 2 aromatic rings. The number of carbonyl (C=O) groups is 1. The van der Waals surface area contributed by atoms with Gasteiger partial charge in [-0.05, 0) is 52.7 Å². The number of hydrogen-bond acceptors (Lipinski definition) is 7. The van der Waals surface area contributed by atoms with Crippen molar-refractivity contribution in [3.05, 3.63) is 53.6 Å². The van der Waals surface area contributed by atoms with Crippen molar-refractivity contribution in [2.45, 2.75) is 64.4 Å². The average molecular weight is 535 g/mol. The summed E-state index contributed by atoms with van der Waals surface area (Å²) in [5.41, 5.74) is -0.0490. The monoisotopic (exact) mass is 534 g/mol. The lowest BCUT2D eigenvalue weighted by molar-refractivity contribution is -0.0938. The fourth-order valence-corrected chi connectivity index (χ4v) is 4.76. The molecule has 1 aliphatic rings. The Bertz CT molecular complexity index is 1220. The van der Waals surface area contributed by atoms with Gasteiger partial charge in [0.05, 0.1) is 25.1 Å². The van der Waals surface area contributed by atoms with Crippen molar-refractivity contribution < 1.29 is 32.5 Å². The van der Waals surface area contributed by atoms with Crippen LogP contribution in [0.15, 0.2) is 42.5 Å². The number of hydrogen-bond donors (Lipinski definition) is 1. The van der Waals surface area contributed by atoms with E-state index in [1.54, 1.807) is 46.8 Å². The largest absolute Gasteiger partial charge is 0.495 e. The highest BCUT2D eigenvalue weighted by molar-refractivity contribution is 7.92. The Morgan fingerprint density at radius 2 is 1.78 bits per heavy atom. The Hall–Kier alpha value is -2.98. The van der Waals surface area contributed by atoms with E-state index in [1.807, 2.05) is 30.3 Å². The minimum Gasteiger partial charge on any atom is -0.495 e. The van der Waals surface area contributed by atoms with Crippen LogP contribution in [0.25, 0.3) is 0 Å². The first-order chi connectivity index (χ1) is 17.0. The topological polar surface area (TPSA) is 106 Å². The number of ether oxygens (including phenoxy) is 3. The van der Waals surface area contributed by atoms with Gasteiger partial charge in [0.2, 0.25) is 10.0 Å². The number of benzene rings is 2. The number of anilines is 1. The Balaban J connectivity index is 2.16. The summed E-state index contributed by atoms with van der Waals surface area (Å²) < 4.78 is 43.1. The number of rotatable bonds is 7. The number of aliphatic hydroxyl groups is 1. The molecule has 1 amide bonds. The molecule has 3 rings (SSSR count). The van der Waals surface area contributed by atoms with Crippen LogP contribution in [-0.2, 0) is 21.2 Å². The summed E-state index contributed by atoms with van der Waals surface area (Å²) in [6, 6.07) is 12.1. The maximum Gasteiger partial charge on any atom is 0.410 e. The smallest absolute Gasteiger partial charge is 0.410 e. The zero-order valence-electron chi connectivity index (χ0n) is 22.8. The molecule has 9 nitrogen and oxygen atoms in total. The van der Waals surface area contributed by atoms with Crippen molar-refractivity contribution in [3.8, 4) is 11.5 Å². The van der Waals surface area contributed by atoms with Crippen molar-refractivity contribution in [2.24, 2.45) is 0 Å². The van der Waals surface area contributed by atoms with Crippen molar-refractivity contribution in [3.63, 3.8) is 0 Å². The molecule has 1 heterocycles. The van der Waals surface area contributed by atoms with Gasteiger partial charge in [-0.1, -0.05) is 30.3 Å². The van der Waals surface area contributed by atoms with Crippen LogP contribution in [0.1, 0.15) is 51.8 Å². The van der Waals surface area contributed by atoms with Gasteiger partial charge in [-0.15, -0.1) is 0 Å². The molecule has 0 aliphatic carbocycles. The molecule has 2 atom stereocenters. The van der Waals surface area contributed by atoms with E-state index in [9.17, 15) is 18.3 Å². The van der Waals surface area contributed by atoms with Gasteiger partial charge in [0, 0.05) is 25.2 Å². The number of nitrogens with zero attached hydrogens (tertiary/aromatic N) is 2. The van der Waals surface area contributed by atoms with Crippen molar-refractivity contribution in [1.29, 1.82) is 0 Å². The fraction of sp³-hybridized carbons (Fsp3) is 0.519. The van der Waals surface area contributed by atoms with Crippen molar-refractivity contribution in [2.75, 3.05) is 31.3 Å². The maximum atomic E-state index is 13.5.